The Kier molecular flexibility index (Phi) is 5.08. The number of alkyl halides is 3. The zero-order valence-electron chi connectivity index (χ0n) is 13.7. The number of para-hydroxylation sites is 1. The van der Waals surface area contributed by atoms with Gasteiger partial charge in [0.2, 0.25) is 6.10 Å². The second-order valence-electron chi connectivity index (χ2n) is 5.46. The van der Waals surface area contributed by atoms with Gasteiger partial charge in [0.05, 0.1) is 23.1 Å². The van der Waals surface area contributed by atoms with Crippen molar-refractivity contribution < 1.29 is 22.8 Å². The summed E-state index contributed by atoms with van der Waals surface area (Å²) in [5.74, 6) is -0.876. The van der Waals surface area contributed by atoms with Gasteiger partial charge < -0.3 is 5.73 Å². The molecule has 0 radical (unpaired) electrons. The highest BCUT2D eigenvalue weighted by Crippen LogP contribution is 2.37. The van der Waals surface area contributed by atoms with E-state index < -0.39 is 23.9 Å². The normalized spacial score (nSPS) is 12.6. The lowest BCUT2D eigenvalue weighted by molar-refractivity contribution is -0.237. The maximum Gasteiger partial charge on any atom is 0.423 e. The number of hydroxylamine groups is 1. The fourth-order valence-corrected chi connectivity index (χ4v) is 2.26. The van der Waals surface area contributed by atoms with Gasteiger partial charge in [0, 0.05) is 12.4 Å². The zero-order valence-corrected chi connectivity index (χ0v) is 13.7. The van der Waals surface area contributed by atoms with E-state index in [-0.39, 0.29) is 11.3 Å². The van der Waals surface area contributed by atoms with Crippen molar-refractivity contribution in [2.45, 2.75) is 12.3 Å². The van der Waals surface area contributed by atoms with Crippen molar-refractivity contribution >= 4 is 11.6 Å². The third kappa shape index (κ3) is 4.23. The van der Waals surface area contributed by atoms with Gasteiger partial charge in [-0.25, -0.2) is 10.2 Å². The lowest BCUT2D eigenvalue weighted by atomic mass is 10.2. The van der Waals surface area contributed by atoms with Gasteiger partial charge in [-0.1, -0.05) is 18.2 Å². The van der Waals surface area contributed by atoms with Gasteiger partial charge in [-0.05, 0) is 24.3 Å². The number of anilines is 1. The number of benzene rings is 1. The summed E-state index contributed by atoms with van der Waals surface area (Å²) in [6, 6.07) is 11.3. The Hall–Kier alpha value is -3.40. The maximum absolute atomic E-state index is 13.5. The van der Waals surface area contributed by atoms with Gasteiger partial charge in [-0.2, -0.15) is 18.3 Å². The highest BCUT2D eigenvalue weighted by atomic mass is 19.4. The first-order chi connectivity index (χ1) is 12.9. The van der Waals surface area contributed by atoms with E-state index in [4.69, 9.17) is 5.73 Å². The second kappa shape index (κ2) is 7.46. The Morgan fingerprint density at radius 2 is 1.93 bits per heavy atom. The Morgan fingerprint density at radius 3 is 2.56 bits per heavy atom. The Labute approximate surface area is 151 Å². The van der Waals surface area contributed by atoms with Crippen molar-refractivity contribution in [3.05, 3.63) is 72.3 Å². The molecule has 1 unspecified atom stereocenters. The molecule has 1 aromatic carbocycles. The van der Waals surface area contributed by atoms with Gasteiger partial charge in [-0.15, -0.1) is 0 Å². The minimum absolute atomic E-state index is 0.0428. The van der Waals surface area contributed by atoms with Gasteiger partial charge in [0.25, 0.3) is 5.91 Å². The molecule has 0 aliphatic rings. The number of nitrogens with two attached hydrogens (primary N) is 1. The smallest absolute Gasteiger partial charge is 0.396 e. The fraction of sp³-hybridized carbons (Fsp3) is 0.118. The number of hydrogen-bond donors (Lipinski definition) is 2. The predicted octanol–water partition coefficient (Wildman–Crippen LogP) is 2.81. The van der Waals surface area contributed by atoms with Crippen LogP contribution < -0.4 is 11.2 Å². The Morgan fingerprint density at radius 1 is 1.19 bits per heavy atom. The van der Waals surface area contributed by atoms with E-state index in [0.29, 0.717) is 5.69 Å². The molecule has 1 atom stereocenters. The van der Waals surface area contributed by atoms with Crippen LogP contribution in [0.1, 0.15) is 22.2 Å². The number of aromatic nitrogens is 3. The van der Waals surface area contributed by atoms with Gasteiger partial charge in [0.15, 0.2) is 0 Å². The average Bonchev–Trinajstić information content (AvgIpc) is 3.03. The third-order valence-electron chi connectivity index (χ3n) is 3.53. The molecule has 1 amide bonds. The zero-order chi connectivity index (χ0) is 19.4. The molecule has 0 aliphatic heterocycles. The topological polar surface area (TPSA) is 95.1 Å². The van der Waals surface area contributed by atoms with Crippen LogP contribution in [0, 0.1) is 0 Å². The first-order valence-corrected chi connectivity index (χ1v) is 7.69. The molecule has 7 nitrogen and oxygen atoms in total. The number of hydrogen-bond acceptors (Lipinski definition) is 5. The molecular formula is C17H14F3N5O2. The van der Waals surface area contributed by atoms with Crippen LogP contribution in [0.3, 0.4) is 0 Å². The quantitative estimate of drug-likeness (QED) is 0.667. The highest BCUT2D eigenvalue weighted by Gasteiger charge is 2.46. The van der Waals surface area contributed by atoms with Crippen LogP contribution in [-0.4, -0.2) is 26.8 Å². The van der Waals surface area contributed by atoms with E-state index in [9.17, 15) is 18.0 Å². The lowest BCUT2D eigenvalue weighted by Crippen LogP contribution is -2.33. The van der Waals surface area contributed by atoms with E-state index in [1.807, 2.05) is 0 Å². The maximum atomic E-state index is 13.5. The number of pyridine rings is 1. The third-order valence-corrected chi connectivity index (χ3v) is 3.53. The number of carbonyl (C=O) groups excluding carboxylic acids is 1. The second-order valence-corrected chi connectivity index (χ2v) is 5.46. The molecule has 3 rings (SSSR count). The van der Waals surface area contributed by atoms with Gasteiger partial charge in [-0.3, -0.25) is 14.6 Å². The fourth-order valence-electron chi connectivity index (χ4n) is 2.26. The minimum Gasteiger partial charge on any atom is -0.396 e. The molecule has 2 heterocycles. The first-order valence-electron chi connectivity index (χ1n) is 7.69. The lowest BCUT2D eigenvalue weighted by Gasteiger charge is -2.19. The van der Waals surface area contributed by atoms with Crippen molar-refractivity contribution in [3.8, 4) is 5.69 Å². The van der Waals surface area contributed by atoms with Crippen LogP contribution in [0.2, 0.25) is 0 Å². The van der Waals surface area contributed by atoms with Crippen molar-refractivity contribution in [1.82, 2.24) is 20.2 Å². The summed E-state index contributed by atoms with van der Waals surface area (Å²) >= 11 is 0. The van der Waals surface area contributed by atoms with Crippen LogP contribution in [0.5, 0.6) is 0 Å². The molecule has 0 saturated heterocycles. The van der Waals surface area contributed by atoms with Crippen LogP contribution in [0.15, 0.2) is 61.1 Å². The monoisotopic (exact) mass is 377 g/mol. The molecule has 0 bridgehead atoms. The summed E-state index contributed by atoms with van der Waals surface area (Å²) in [7, 11) is 0. The van der Waals surface area contributed by atoms with Crippen LogP contribution in [0.25, 0.3) is 5.69 Å². The number of nitrogens with one attached hydrogen (secondary N) is 1. The molecule has 2 aromatic heterocycles. The van der Waals surface area contributed by atoms with Crippen LogP contribution in [-0.2, 0) is 4.84 Å². The minimum atomic E-state index is -4.85. The number of rotatable bonds is 5. The molecule has 10 heteroatoms. The SMILES string of the molecule is Nc1cn(-c2ccccc2)nc1C(ONC(=O)c1cccnc1)C(F)(F)F. The van der Waals surface area contributed by atoms with E-state index >= 15 is 0 Å². The largest absolute Gasteiger partial charge is 0.423 e. The predicted molar refractivity (Wildman–Crippen MR) is 89.6 cm³/mol. The highest BCUT2D eigenvalue weighted by molar-refractivity contribution is 5.93. The molecule has 0 aliphatic carbocycles. The van der Waals surface area contributed by atoms with Crippen LogP contribution in [0.4, 0.5) is 18.9 Å². The number of nitrogens with zero attached hydrogens (tertiary/aromatic N) is 3. The molecule has 3 N–H and O–H groups in total. The van der Waals surface area contributed by atoms with E-state index in [2.05, 4.69) is 14.9 Å². The van der Waals surface area contributed by atoms with Crippen LogP contribution >= 0.6 is 0 Å². The Balaban J connectivity index is 1.84. The van der Waals surface area contributed by atoms with Gasteiger partial charge in [0.1, 0.15) is 5.69 Å². The molecule has 27 heavy (non-hydrogen) atoms. The van der Waals surface area contributed by atoms with E-state index in [1.165, 1.54) is 35.4 Å². The average molecular weight is 377 g/mol. The Bertz CT molecular complexity index is 913. The van der Waals surface area contributed by atoms with Crippen molar-refractivity contribution in [2.75, 3.05) is 5.73 Å². The van der Waals surface area contributed by atoms with Crippen molar-refractivity contribution in [3.63, 3.8) is 0 Å². The molecule has 0 fully saturated rings. The molecule has 3 aromatic rings. The number of carbonyl (C=O) groups is 1. The van der Waals surface area contributed by atoms with Crippen molar-refractivity contribution in [2.24, 2.45) is 0 Å². The number of nitrogen functional groups attached to an aromatic ring is 1. The molecule has 0 spiro atoms. The summed E-state index contributed by atoms with van der Waals surface area (Å²) < 4.78 is 41.6. The number of halogens is 3. The van der Waals surface area contributed by atoms with E-state index in [0.717, 1.165) is 0 Å². The number of amides is 1. The molecular weight excluding hydrogens is 363 g/mol. The summed E-state index contributed by atoms with van der Waals surface area (Å²) in [6.45, 7) is 0. The van der Waals surface area contributed by atoms with Crippen molar-refractivity contribution in [1.29, 1.82) is 0 Å². The summed E-state index contributed by atoms with van der Waals surface area (Å²) in [4.78, 5) is 20.3. The molecule has 0 saturated carbocycles. The first kappa shape index (κ1) is 18.4. The standard InChI is InChI=1S/C17H14F3N5O2/c18-17(19,20)15(27-24-16(26)11-5-4-8-22-9-11)14-13(21)10-25(23-14)12-6-2-1-3-7-12/h1-10,15H,21H2,(H,24,26). The summed E-state index contributed by atoms with van der Waals surface area (Å²) in [5, 5.41) is 3.88. The summed E-state index contributed by atoms with van der Waals surface area (Å²) in [6.07, 6.45) is -3.53. The van der Waals surface area contributed by atoms with E-state index in [1.54, 1.807) is 35.8 Å². The van der Waals surface area contributed by atoms with Gasteiger partial charge >= 0.3 is 6.18 Å². The summed E-state index contributed by atoms with van der Waals surface area (Å²) in [5.41, 5.74) is 7.27. The molecule has 140 valence electrons.